The molecule has 0 spiro atoms. The Kier molecular flexibility index (Phi) is 5.04. The lowest BCUT2D eigenvalue weighted by Crippen LogP contribution is -2.31. The molecule has 1 aromatic carbocycles. The Morgan fingerprint density at radius 3 is 2.96 bits per heavy atom. The van der Waals surface area contributed by atoms with E-state index in [1.54, 1.807) is 6.92 Å². The van der Waals surface area contributed by atoms with Crippen LogP contribution in [0.25, 0.3) is 0 Å². The Balaban J connectivity index is 1.64. The fraction of sp³-hybridized carbons (Fsp3) is 0.389. The Morgan fingerprint density at radius 2 is 2.17 bits per heavy atom. The first-order valence-electron chi connectivity index (χ1n) is 8.12. The van der Waals surface area contributed by atoms with E-state index in [1.807, 2.05) is 30.8 Å². The summed E-state index contributed by atoms with van der Waals surface area (Å²) in [5, 5.41) is 3.11. The highest BCUT2D eigenvalue weighted by atomic mass is 32.2. The van der Waals surface area contributed by atoms with Crippen LogP contribution in [0.1, 0.15) is 41.5 Å². The van der Waals surface area contributed by atoms with Crippen LogP contribution in [0.5, 0.6) is 0 Å². The summed E-state index contributed by atoms with van der Waals surface area (Å²) in [4.78, 5) is 32.5. The zero-order valence-corrected chi connectivity index (χ0v) is 14.7. The van der Waals surface area contributed by atoms with E-state index in [-0.39, 0.29) is 17.5 Å². The number of benzene rings is 1. The number of aryl methyl sites for hydroxylation is 2. The van der Waals surface area contributed by atoms with E-state index in [0.29, 0.717) is 29.9 Å². The van der Waals surface area contributed by atoms with Gasteiger partial charge in [0, 0.05) is 28.3 Å². The number of H-pyrrole nitrogens is 1. The van der Waals surface area contributed by atoms with Crippen molar-refractivity contribution in [2.24, 2.45) is 0 Å². The number of amides is 1. The quantitative estimate of drug-likeness (QED) is 0.895. The summed E-state index contributed by atoms with van der Waals surface area (Å²) in [5.41, 5.74) is 2.33. The number of rotatable bonds is 4. The van der Waals surface area contributed by atoms with Crippen molar-refractivity contribution in [2.75, 3.05) is 5.75 Å². The smallest absolute Gasteiger partial charge is 0.254 e. The molecule has 1 aromatic heterocycles. The van der Waals surface area contributed by atoms with Crippen molar-refractivity contribution >= 4 is 17.7 Å². The van der Waals surface area contributed by atoms with Crippen molar-refractivity contribution < 1.29 is 4.79 Å². The molecule has 126 valence electrons. The van der Waals surface area contributed by atoms with Gasteiger partial charge in [-0.2, -0.15) is 0 Å². The fourth-order valence-corrected chi connectivity index (χ4v) is 4.17. The Bertz CT molecular complexity index is 816. The van der Waals surface area contributed by atoms with Gasteiger partial charge in [0.05, 0.1) is 6.04 Å². The van der Waals surface area contributed by atoms with E-state index in [1.165, 1.54) is 10.5 Å². The van der Waals surface area contributed by atoms with E-state index in [2.05, 4.69) is 27.4 Å². The van der Waals surface area contributed by atoms with Gasteiger partial charge in [0.25, 0.3) is 5.56 Å². The van der Waals surface area contributed by atoms with Crippen molar-refractivity contribution in [3.63, 3.8) is 0 Å². The molecule has 5 nitrogen and oxygen atoms in total. The molecule has 2 aromatic rings. The van der Waals surface area contributed by atoms with Gasteiger partial charge in [0.15, 0.2) is 0 Å². The molecule has 0 radical (unpaired) electrons. The number of carbonyl (C=O) groups is 1. The Morgan fingerprint density at radius 1 is 1.38 bits per heavy atom. The number of carbonyl (C=O) groups excluding carboxylic acids is 1. The van der Waals surface area contributed by atoms with Crippen LogP contribution in [0.4, 0.5) is 0 Å². The highest BCUT2D eigenvalue weighted by Crippen LogP contribution is 2.35. The third-order valence-corrected chi connectivity index (χ3v) is 5.36. The lowest BCUT2D eigenvalue weighted by atomic mass is 10.0. The van der Waals surface area contributed by atoms with Crippen molar-refractivity contribution in [3.8, 4) is 0 Å². The van der Waals surface area contributed by atoms with Crippen molar-refractivity contribution in [2.45, 2.75) is 44.0 Å². The first-order valence-corrected chi connectivity index (χ1v) is 9.10. The summed E-state index contributed by atoms with van der Waals surface area (Å²) in [6.07, 6.45) is 1.63. The third-order valence-electron chi connectivity index (χ3n) is 4.24. The van der Waals surface area contributed by atoms with Gasteiger partial charge in [-0.1, -0.05) is 18.2 Å². The summed E-state index contributed by atoms with van der Waals surface area (Å²) >= 11 is 1.83. The van der Waals surface area contributed by atoms with E-state index >= 15 is 0 Å². The molecular formula is C18H21N3O2S. The van der Waals surface area contributed by atoms with Gasteiger partial charge in [0.2, 0.25) is 5.91 Å². The molecular weight excluding hydrogens is 322 g/mol. The maximum atomic E-state index is 12.3. The molecule has 24 heavy (non-hydrogen) atoms. The average Bonchev–Trinajstić information content (AvgIpc) is 2.54. The van der Waals surface area contributed by atoms with Crippen LogP contribution in [-0.2, 0) is 11.2 Å². The average molecular weight is 343 g/mol. The molecule has 6 heteroatoms. The summed E-state index contributed by atoms with van der Waals surface area (Å²) < 4.78 is 0. The van der Waals surface area contributed by atoms with Gasteiger partial charge in [-0.3, -0.25) is 9.59 Å². The molecule has 2 heterocycles. The summed E-state index contributed by atoms with van der Waals surface area (Å²) in [6.45, 7) is 3.56. The molecule has 0 saturated carbocycles. The van der Waals surface area contributed by atoms with E-state index in [9.17, 15) is 9.59 Å². The minimum atomic E-state index is -0.146. The number of fused-ring (bicyclic) bond motifs is 1. The second kappa shape index (κ2) is 7.21. The molecule has 0 bridgehead atoms. The third kappa shape index (κ3) is 3.70. The van der Waals surface area contributed by atoms with Crippen molar-refractivity contribution in [1.29, 1.82) is 0 Å². The molecule has 3 rings (SSSR count). The monoisotopic (exact) mass is 343 g/mol. The molecule has 2 N–H and O–H groups in total. The normalized spacial score (nSPS) is 16.5. The largest absolute Gasteiger partial charge is 0.349 e. The van der Waals surface area contributed by atoms with Gasteiger partial charge in [0.1, 0.15) is 5.82 Å². The summed E-state index contributed by atoms with van der Waals surface area (Å²) in [5.74, 6) is 1.57. The lowest BCUT2D eigenvalue weighted by Gasteiger charge is -2.25. The van der Waals surface area contributed by atoms with Crippen LogP contribution >= 0.6 is 11.8 Å². The van der Waals surface area contributed by atoms with Gasteiger partial charge >= 0.3 is 0 Å². The van der Waals surface area contributed by atoms with Gasteiger partial charge in [-0.25, -0.2) is 4.98 Å². The minimum Gasteiger partial charge on any atom is -0.349 e. The fourth-order valence-electron chi connectivity index (χ4n) is 3.04. The molecule has 0 unspecified atom stereocenters. The summed E-state index contributed by atoms with van der Waals surface area (Å²) in [6, 6.07) is 8.26. The minimum absolute atomic E-state index is 0.0268. The number of nitrogens with one attached hydrogen (secondary N) is 2. The SMILES string of the molecule is Cc1nc(C)c(CCC(=O)N[C@@H]2CCSc3ccccc32)c(=O)[nH]1. The number of thioether (sulfide) groups is 1. The van der Waals surface area contributed by atoms with Crippen LogP contribution in [0.2, 0.25) is 0 Å². The standard InChI is InChI=1S/C18H21N3O2S/c1-11-13(18(23)20-12(2)19-11)7-8-17(22)21-15-9-10-24-16-6-4-3-5-14(15)16/h3-6,15H,7-10H2,1-2H3,(H,21,22)(H,19,20,23)/t15-/m1/s1. The second-order valence-corrected chi connectivity index (χ2v) is 7.15. The maximum absolute atomic E-state index is 12.3. The zero-order chi connectivity index (χ0) is 17.1. The number of aromatic amines is 1. The molecule has 1 aliphatic rings. The molecule has 0 fully saturated rings. The number of hydrogen-bond donors (Lipinski definition) is 2. The predicted octanol–water partition coefficient (Wildman–Crippen LogP) is 2.67. The number of aromatic nitrogens is 2. The van der Waals surface area contributed by atoms with E-state index in [0.717, 1.165) is 12.2 Å². The lowest BCUT2D eigenvalue weighted by molar-refractivity contribution is -0.121. The van der Waals surface area contributed by atoms with E-state index in [4.69, 9.17) is 0 Å². The molecule has 1 aliphatic heterocycles. The predicted molar refractivity (Wildman–Crippen MR) is 95.3 cm³/mol. The van der Waals surface area contributed by atoms with Gasteiger partial charge in [-0.15, -0.1) is 11.8 Å². The van der Waals surface area contributed by atoms with Crippen LogP contribution in [0, 0.1) is 13.8 Å². The first-order chi connectivity index (χ1) is 11.5. The van der Waals surface area contributed by atoms with Crippen molar-refractivity contribution in [3.05, 3.63) is 57.3 Å². The maximum Gasteiger partial charge on any atom is 0.254 e. The molecule has 1 amide bonds. The summed E-state index contributed by atoms with van der Waals surface area (Å²) in [7, 11) is 0. The van der Waals surface area contributed by atoms with Gasteiger partial charge < -0.3 is 10.3 Å². The van der Waals surface area contributed by atoms with Crippen LogP contribution in [0.3, 0.4) is 0 Å². The van der Waals surface area contributed by atoms with E-state index < -0.39 is 0 Å². The Hall–Kier alpha value is -2.08. The Labute approximate surface area is 145 Å². The topological polar surface area (TPSA) is 74.8 Å². The van der Waals surface area contributed by atoms with Crippen molar-refractivity contribution in [1.82, 2.24) is 15.3 Å². The molecule has 0 saturated heterocycles. The van der Waals surface area contributed by atoms with Crippen LogP contribution in [0.15, 0.2) is 34.0 Å². The molecule has 1 atom stereocenters. The number of nitrogens with zero attached hydrogens (tertiary/aromatic N) is 1. The zero-order valence-electron chi connectivity index (χ0n) is 13.9. The highest BCUT2D eigenvalue weighted by Gasteiger charge is 2.22. The highest BCUT2D eigenvalue weighted by molar-refractivity contribution is 7.99. The van der Waals surface area contributed by atoms with Crippen LogP contribution < -0.4 is 10.9 Å². The first kappa shape index (κ1) is 16.8. The number of hydrogen-bond acceptors (Lipinski definition) is 4. The second-order valence-electron chi connectivity index (χ2n) is 6.01. The van der Waals surface area contributed by atoms with Gasteiger partial charge in [-0.05, 0) is 38.3 Å². The van der Waals surface area contributed by atoms with Crippen LogP contribution in [-0.4, -0.2) is 21.6 Å². The molecule has 0 aliphatic carbocycles.